The van der Waals surface area contributed by atoms with Crippen molar-refractivity contribution in [3.05, 3.63) is 28.2 Å². The molecular formula is C12H17BrClFN2O. The largest absolute Gasteiger partial charge is 0.508 e. The summed E-state index contributed by atoms with van der Waals surface area (Å²) in [5, 5.41) is 13.1. The standard InChI is InChI=1S/C12H16BrFN2O.ClH/c13-9-1-2-10(12(17)7-9)11(8-14)16-5-3-15-4-6-16;/h1-2,7,11,15,17H,3-6,8H2;1H/t11-;/m0./s1. The summed E-state index contributed by atoms with van der Waals surface area (Å²) in [7, 11) is 0. The summed E-state index contributed by atoms with van der Waals surface area (Å²) < 4.78 is 14.0. The molecule has 0 spiro atoms. The Labute approximate surface area is 121 Å². The minimum Gasteiger partial charge on any atom is -0.508 e. The van der Waals surface area contributed by atoms with Crippen molar-refractivity contribution in [1.29, 1.82) is 0 Å². The Kier molecular flexibility index (Phi) is 6.35. The van der Waals surface area contributed by atoms with Gasteiger partial charge in [0.2, 0.25) is 0 Å². The van der Waals surface area contributed by atoms with E-state index in [0.717, 1.165) is 30.7 Å². The first-order valence-corrected chi connectivity index (χ1v) is 6.51. The highest BCUT2D eigenvalue weighted by Gasteiger charge is 2.24. The molecule has 1 atom stereocenters. The van der Waals surface area contributed by atoms with E-state index in [-0.39, 0.29) is 24.2 Å². The maximum absolute atomic E-state index is 13.2. The van der Waals surface area contributed by atoms with E-state index in [1.54, 1.807) is 12.1 Å². The summed E-state index contributed by atoms with van der Waals surface area (Å²) >= 11 is 3.29. The fourth-order valence-corrected chi connectivity index (χ4v) is 2.52. The molecule has 18 heavy (non-hydrogen) atoms. The van der Waals surface area contributed by atoms with Crippen LogP contribution in [0.4, 0.5) is 4.39 Å². The number of rotatable bonds is 3. The summed E-state index contributed by atoms with van der Waals surface area (Å²) in [5.74, 6) is 0.153. The van der Waals surface area contributed by atoms with Gasteiger partial charge in [-0.15, -0.1) is 12.4 Å². The molecule has 0 amide bonds. The van der Waals surface area contributed by atoms with Crippen LogP contribution in [0.2, 0.25) is 0 Å². The number of aromatic hydroxyl groups is 1. The summed E-state index contributed by atoms with van der Waals surface area (Å²) in [6.45, 7) is 2.88. The fraction of sp³-hybridized carbons (Fsp3) is 0.500. The second-order valence-corrected chi connectivity index (χ2v) is 5.07. The van der Waals surface area contributed by atoms with Gasteiger partial charge in [0.05, 0.1) is 6.04 Å². The second-order valence-electron chi connectivity index (χ2n) is 4.16. The molecular weight excluding hydrogens is 323 g/mol. The van der Waals surface area contributed by atoms with Crippen LogP contribution in [0.5, 0.6) is 5.75 Å². The normalized spacial score (nSPS) is 18.1. The maximum Gasteiger partial charge on any atom is 0.121 e. The number of phenolic OH excluding ortho intramolecular Hbond substituents is 1. The van der Waals surface area contributed by atoms with Gasteiger partial charge in [-0.05, 0) is 12.1 Å². The number of halogens is 3. The lowest BCUT2D eigenvalue weighted by Gasteiger charge is -2.33. The van der Waals surface area contributed by atoms with Crippen LogP contribution in [0.15, 0.2) is 22.7 Å². The van der Waals surface area contributed by atoms with Gasteiger partial charge in [-0.1, -0.05) is 22.0 Å². The van der Waals surface area contributed by atoms with Crippen LogP contribution in [0, 0.1) is 0 Å². The SMILES string of the molecule is Cl.Oc1cc(Br)ccc1[C@H](CF)N1CCNCC1. The van der Waals surface area contributed by atoms with E-state index >= 15 is 0 Å². The average molecular weight is 340 g/mol. The van der Waals surface area contributed by atoms with Gasteiger partial charge in [0.15, 0.2) is 0 Å². The molecule has 0 radical (unpaired) electrons. The van der Waals surface area contributed by atoms with Crippen molar-refractivity contribution in [1.82, 2.24) is 10.2 Å². The van der Waals surface area contributed by atoms with Gasteiger partial charge in [-0.3, -0.25) is 4.90 Å². The molecule has 2 rings (SSSR count). The minimum atomic E-state index is -0.477. The van der Waals surface area contributed by atoms with Crippen LogP contribution >= 0.6 is 28.3 Å². The van der Waals surface area contributed by atoms with Crippen LogP contribution in [0.25, 0.3) is 0 Å². The average Bonchev–Trinajstić information content (AvgIpc) is 2.34. The lowest BCUT2D eigenvalue weighted by molar-refractivity contribution is 0.145. The summed E-state index contributed by atoms with van der Waals surface area (Å²) in [6.07, 6.45) is 0. The molecule has 0 saturated carbocycles. The van der Waals surface area contributed by atoms with Crippen molar-refractivity contribution in [2.45, 2.75) is 6.04 Å². The van der Waals surface area contributed by atoms with Crippen molar-refractivity contribution >= 4 is 28.3 Å². The van der Waals surface area contributed by atoms with Crippen molar-refractivity contribution in [2.24, 2.45) is 0 Å². The van der Waals surface area contributed by atoms with Crippen LogP contribution in [-0.4, -0.2) is 42.9 Å². The summed E-state index contributed by atoms with van der Waals surface area (Å²) in [5.41, 5.74) is 0.664. The van der Waals surface area contributed by atoms with Gasteiger partial charge in [0.25, 0.3) is 0 Å². The van der Waals surface area contributed by atoms with Gasteiger partial charge in [0.1, 0.15) is 12.4 Å². The van der Waals surface area contributed by atoms with E-state index in [4.69, 9.17) is 0 Å². The Hall–Kier alpha value is -0.360. The van der Waals surface area contributed by atoms with Crippen LogP contribution in [-0.2, 0) is 0 Å². The number of hydrogen-bond donors (Lipinski definition) is 2. The smallest absolute Gasteiger partial charge is 0.121 e. The number of alkyl halides is 1. The lowest BCUT2D eigenvalue weighted by atomic mass is 10.0. The van der Waals surface area contributed by atoms with Crippen LogP contribution in [0.3, 0.4) is 0 Å². The third-order valence-corrected chi connectivity index (χ3v) is 3.58. The number of phenols is 1. The molecule has 3 nitrogen and oxygen atoms in total. The molecule has 0 aromatic heterocycles. The van der Waals surface area contributed by atoms with Crippen molar-refractivity contribution < 1.29 is 9.50 Å². The summed E-state index contributed by atoms with van der Waals surface area (Å²) in [4.78, 5) is 2.07. The molecule has 102 valence electrons. The minimum absolute atomic E-state index is 0. The van der Waals surface area contributed by atoms with E-state index in [9.17, 15) is 9.50 Å². The monoisotopic (exact) mass is 338 g/mol. The topological polar surface area (TPSA) is 35.5 Å². The maximum atomic E-state index is 13.2. The van der Waals surface area contributed by atoms with Gasteiger partial charge >= 0.3 is 0 Å². The third kappa shape index (κ3) is 3.57. The zero-order chi connectivity index (χ0) is 12.3. The van der Waals surface area contributed by atoms with E-state index in [1.807, 2.05) is 6.07 Å². The molecule has 1 aliphatic rings. The Bertz CT molecular complexity index is 388. The first-order chi connectivity index (χ1) is 8.22. The summed E-state index contributed by atoms with van der Waals surface area (Å²) in [6, 6.07) is 4.89. The molecule has 0 unspecified atom stereocenters. The zero-order valence-corrected chi connectivity index (χ0v) is 12.3. The Morgan fingerprint density at radius 1 is 1.39 bits per heavy atom. The quantitative estimate of drug-likeness (QED) is 0.888. The van der Waals surface area contributed by atoms with E-state index in [1.165, 1.54) is 0 Å². The number of piperazine rings is 1. The lowest BCUT2D eigenvalue weighted by Crippen LogP contribution is -2.45. The number of hydrogen-bond acceptors (Lipinski definition) is 3. The zero-order valence-electron chi connectivity index (χ0n) is 9.90. The first kappa shape index (κ1) is 15.7. The highest BCUT2D eigenvalue weighted by Crippen LogP contribution is 2.31. The van der Waals surface area contributed by atoms with Crippen LogP contribution in [0.1, 0.15) is 11.6 Å². The molecule has 1 aromatic rings. The molecule has 1 fully saturated rings. The van der Waals surface area contributed by atoms with Crippen molar-refractivity contribution in [3.63, 3.8) is 0 Å². The molecule has 1 aliphatic heterocycles. The molecule has 1 saturated heterocycles. The molecule has 0 bridgehead atoms. The van der Waals surface area contributed by atoms with Gasteiger partial charge < -0.3 is 10.4 Å². The highest BCUT2D eigenvalue weighted by molar-refractivity contribution is 9.10. The Balaban J connectivity index is 0.00000162. The van der Waals surface area contributed by atoms with Crippen molar-refractivity contribution in [2.75, 3.05) is 32.9 Å². The van der Waals surface area contributed by atoms with E-state index in [0.29, 0.717) is 5.56 Å². The van der Waals surface area contributed by atoms with Crippen LogP contribution < -0.4 is 5.32 Å². The molecule has 0 aliphatic carbocycles. The van der Waals surface area contributed by atoms with E-state index < -0.39 is 6.67 Å². The second kappa shape index (κ2) is 7.28. The predicted molar refractivity (Wildman–Crippen MR) is 76.2 cm³/mol. The molecule has 1 aromatic carbocycles. The van der Waals surface area contributed by atoms with E-state index in [2.05, 4.69) is 26.1 Å². The van der Waals surface area contributed by atoms with Gasteiger partial charge in [0, 0.05) is 36.2 Å². The van der Waals surface area contributed by atoms with Crippen molar-refractivity contribution in [3.8, 4) is 5.75 Å². The Morgan fingerprint density at radius 2 is 2.06 bits per heavy atom. The first-order valence-electron chi connectivity index (χ1n) is 5.71. The van der Waals surface area contributed by atoms with Gasteiger partial charge in [-0.2, -0.15) is 0 Å². The third-order valence-electron chi connectivity index (χ3n) is 3.09. The number of nitrogens with zero attached hydrogens (tertiary/aromatic N) is 1. The fourth-order valence-electron chi connectivity index (χ4n) is 2.17. The number of nitrogens with one attached hydrogen (secondary N) is 1. The number of benzene rings is 1. The van der Waals surface area contributed by atoms with Gasteiger partial charge in [-0.25, -0.2) is 4.39 Å². The molecule has 6 heteroatoms. The predicted octanol–water partition coefficient (Wildman–Crippen LogP) is 2.49. The molecule has 2 N–H and O–H groups in total. The highest BCUT2D eigenvalue weighted by atomic mass is 79.9. The Morgan fingerprint density at radius 3 is 2.61 bits per heavy atom. The molecule has 1 heterocycles.